The highest BCUT2D eigenvalue weighted by Gasteiger charge is 2.61. The minimum atomic E-state index is -1.33. The fraction of sp³-hybridized carbons (Fsp3) is 0.524. The minimum Gasteiger partial charge on any atom is -0.460 e. The van der Waals surface area contributed by atoms with Gasteiger partial charge in [-0.05, 0) is 30.2 Å². The number of methoxy groups -OCH3 is 1. The molecule has 1 aliphatic carbocycles. The Kier molecular flexibility index (Phi) is 6.56. The zero-order valence-corrected chi connectivity index (χ0v) is 16.7. The number of ether oxygens (including phenoxy) is 2. The number of carbonyl (C=O) groups is 1. The molecular formula is C21H24F3NO3. The molecule has 0 aliphatic heterocycles. The number of nitriles is 1. The van der Waals surface area contributed by atoms with Gasteiger partial charge in [-0.1, -0.05) is 26.8 Å². The summed E-state index contributed by atoms with van der Waals surface area (Å²) in [4.78, 5) is 12.5. The topological polar surface area (TPSA) is 59.3 Å². The molecule has 152 valence electrons. The molecule has 0 spiro atoms. The van der Waals surface area contributed by atoms with Gasteiger partial charge in [0.05, 0.1) is 24.2 Å². The number of nitrogens with zero attached hydrogens (tertiary/aromatic N) is 1. The van der Waals surface area contributed by atoms with E-state index in [4.69, 9.17) is 14.7 Å². The number of carbonyl (C=O) groups excluding carboxylic acids is 1. The zero-order valence-electron chi connectivity index (χ0n) is 16.7. The molecule has 1 saturated carbocycles. The third-order valence-electron chi connectivity index (χ3n) is 5.39. The van der Waals surface area contributed by atoms with Gasteiger partial charge in [0.2, 0.25) is 0 Å². The Morgan fingerprint density at radius 3 is 2.29 bits per heavy atom. The maximum atomic E-state index is 14.6. The summed E-state index contributed by atoms with van der Waals surface area (Å²) in [5.74, 6) is -4.70. The Bertz CT molecular complexity index is 856. The van der Waals surface area contributed by atoms with Gasteiger partial charge in [0.25, 0.3) is 0 Å². The summed E-state index contributed by atoms with van der Waals surface area (Å²) in [5, 5.41) is 8.90. The van der Waals surface area contributed by atoms with E-state index in [1.165, 1.54) is 7.11 Å². The predicted octanol–water partition coefficient (Wildman–Crippen LogP) is 4.60. The summed E-state index contributed by atoms with van der Waals surface area (Å²) in [6.45, 7) is 6.02. The predicted molar refractivity (Wildman–Crippen MR) is 96.3 cm³/mol. The molecule has 0 radical (unpaired) electrons. The summed E-state index contributed by atoms with van der Waals surface area (Å²) in [5.41, 5.74) is -0.729. The zero-order chi connectivity index (χ0) is 21.2. The Morgan fingerprint density at radius 2 is 1.75 bits per heavy atom. The summed E-state index contributed by atoms with van der Waals surface area (Å²) < 4.78 is 53.2. The van der Waals surface area contributed by atoms with Crippen molar-refractivity contribution in [2.75, 3.05) is 7.11 Å². The summed E-state index contributed by atoms with van der Waals surface area (Å²) in [6.07, 6.45) is 1.82. The van der Waals surface area contributed by atoms with E-state index in [0.29, 0.717) is 5.57 Å². The van der Waals surface area contributed by atoms with Crippen LogP contribution in [0.25, 0.3) is 0 Å². The van der Waals surface area contributed by atoms with Gasteiger partial charge in [0.15, 0.2) is 11.6 Å². The van der Waals surface area contributed by atoms with Crippen LogP contribution in [0.2, 0.25) is 0 Å². The van der Waals surface area contributed by atoms with E-state index in [9.17, 15) is 18.0 Å². The number of rotatable bonds is 7. The Hall–Kier alpha value is -2.33. The highest BCUT2D eigenvalue weighted by Crippen LogP contribution is 2.59. The van der Waals surface area contributed by atoms with E-state index in [1.54, 1.807) is 19.9 Å². The van der Waals surface area contributed by atoms with Crippen LogP contribution >= 0.6 is 0 Å². The number of halogens is 3. The highest BCUT2D eigenvalue weighted by atomic mass is 19.2. The van der Waals surface area contributed by atoms with Gasteiger partial charge in [-0.25, -0.2) is 13.2 Å². The lowest BCUT2D eigenvalue weighted by Gasteiger charge is -2.15. The van der Waals surface area contributed by atoms with E-state index in [2.05, 4.69) is 0 Å². The Balaban J connectivity index is 2.24. The maximum absolute atomic E-state index is 14.6. The fourth-order valence-electron chi connectivity index (χ4n) is 3.58. The third kappa shape index (κ3) is 3.93. The normalized spacial score (nSPS) is 20.6. The fourth-order valence-corrected chi connectivity index (χ4v) is 3.58. The monoisotopic (exact) mass is 395 g/mol. The molecule has 28 heavy (non-hydrogen) atoms. The van der Waals surface area contributed by atoms with Crippen molar-refractivity contribution in [2.24, 2.45) is 17.3 Å². The molecule has 7 heteroatoms. The molecule has 0 amide bonds. The maximum Gasteiger partial charge on any atom is 0.310 e. The third-order valence-corrected chi connectivity index (χ3v) is 5.39. The van der Waals surface area contributed by atoms with Crippen LogP contribution in [-0.4, -0.2) is 13.1 Å². The van der Waals surface area contributed by atoms with Gasteiger partial charge >= 0.3 is 5.97 Å². The average molecular weight is 395 g/mol. The molecule has 0 heterocycles. The summed E-state index contributed by atoms with van der Waals surface area (Å²) >= 11 is 0. The van der Waals surface area contributed by atoms with Gasteiger partial charge in [0.1, 0.15) is 12.4 Å². The first kappa shape index (κ1) is 22.0. The van der Waals surface area contributed by atoms with Crippen LogP contribution in [0, 0.1) is 46.0 Å². The largest absolute Gasteiger partial charge is 0.460 e. The van der Waals surface area contributed by atoms with E-state index in [-0.39, 0.29) is 23.5 Å². The van der Waals surface area contributed by atoms with Crippen molar-refractivity contribution in [2.45, 2.75) is 47.3 Å². The molecule has 4 nitrogen and oxygen atoms in total. The first-order valence-electron chi connectivity index (χ1n) is 9.02. The first-order chi connectivity index (χ1) is 13.1. The number of allylic oxidation sites excluding steroid dienone is 2. The van der Waals surface area contributed by atoms with Crippen LogP contribution in [0.3, 0.4) is 0 Å². The van der Waals surface area contributed by atoms with Crippen LogP contribution < -0.4 is 0 Å². The molecule has 0 aromatic heterocycles. The van der Waals surface area contributed by atoms with Crippen molar-refractivity contribution < 1.29 is 27.4 Å². The van der Waals surface area contributed by atoms with Crippen molar-refractivity contribution in [1.82, 2.24) is 0 Å². The van der Waals surface area contributed by atoms with Gasteiger partial charge in [-0.2, -0.15) is 5.26 Å². The second-order valence-electron chi connectivity index (χ2n) is 7.56. The Labute approximate surface area is 162 Å². The van der Waals surface area contributed by atoms with E-state index < -0.39 is 53.5 Å². The lowest BCUT2D eigenvalue weighted by Crippen LogP contribution is -2.15. The molecule has 2 atom stereocenters. The van der Waals surface area contributed by atoms with Gasteiger partial charge in [-0.15, -0.1) is 0 Å². The van der Waals surface area contributed by atoms with E-state index >= 15 is 0 Å². The smallest absolute Gasteiger partial charge is 0.310 e. The van der Waals surface area contributed by atoms with Gasteiger partial charge in [0, 0.05) is 18.2 Å². The standard InChI is InChI=1S/C21H24F3NO3/c1-6-12-13(18(23)19(24)14(9-27-5)17(12)22)10-28-20(26)16-15(21(16,3)4)7-11(2)8-25/h7,15-16H,6,9-10H2,1-5H3/t15-,16+/m1/s1. The minimum absolute atomic E-state index is 0.0365. The Morgan fingerprint density at radius 1 is 1.14 bits per heavy atom. The molecule has 1 fully saturated rings. The molecule has 0 bridgehead atoms. The molecule has 1 aromatic carbocycles. The number of hydrogen-bond acceptors (Lipinski definition) is 4. The molecule has 1 aromatic rings. The molecule has 0 saturated heterocycles. The van der Waals surface area contributed by atoms with Crippen LogP contribution in [0.1, 0.15) is 44.4 Å². The number of benzene rings is 1. The quantitative estimate of drug-likeness (QED) is 0.385. The van der Waals surface area contributed by atoms with Crippen molar-refractivity contribution in [3.05, 3.63) is 45.8 Å². The molecule has 2 rings (SSSR count). The van der Waals surface area contributed by atoms with Crippen LogP contribution in [0.4, 0.5) is 13.2 Å². The van der Waals surface area contributed by atoms with E-state index in [1.807, 2.05) is 19.9 Å². The van der Waals surface area contributed by atoms with Crippen molar-refractivity contribution in [3.8, 4) is 6.07 Å². The molecule has 1 aliphatic rings. The summed E-state index contributed by atoms with van der Waals surface area (Å²) in [6, 6.07) is 2.01. The SMILES string of the molecule is CCc1c(F)c(COC)c(F)c(F)c1COC(=O)[C@@H]1[C@@H](C=C(C)C#N)C1(C)C. The van der Waals surface area contributed by atoms with Gasteiger partial charge in [-0.3, -0.25) is 4.79 Å². The van der Waals surface area contributed by atoms with Crippen LogP contribution in [0.15, 0.2) is 11.6 Å². The number of hydrogen-bond donors (Lipinski definition) is 0. The second-order valence-corrected chi connectivity index (χ2v) is 7.56. The average Bonchev–Trinajstić information content (AvgIpc) is 3.19. The summed E-state index contributed by atoms with van der Waals surface area (Å²) in [7, 11) is 1.26. The van der Waals surface area contributed by atoms with Crippen molar-refractivity contribution in [1.29, 1.82) is 5.26 Å². The second kappa shape index (κ2) is 8.36. The highest BCUT2D eigenvalue weighted by molar-refractivity contribution is 5.78. The molecule has 0 N–H and O–H groups in total. The first-order valence-corrected chi connectivity index (χ1v) is 9.02. The molecular weight excluding hydrogens is 371 g/mol. The number of esters is 1. The van der Waals surface area contributed by atoms with E-state index in [0.717, 1.165) is 0 Å². The van der Waals surface area contributed by atoms with Gasteiger partial charge < -0.3 is 9.47 Å². The van der Waals surface area contributed by atoms with Crippen molar-refractivity contribution in [3.63, 3.8) is 0 Å². The lowest BCUT2D eigenvalue weighted by atomic mass is 10.00. The van der Waals surface area contributed by atoms with Crippen LogP contribution in [-0.2, 0) is 33.9 Å². The molecule has 0 unspecified atom stereocenters. The van der Waals surface area contributed by atoms with Crippen LogP contribution in [0.5, 0.6) is 0 Å². The lowest BCUT2D eigenvalue weighted by molar-refractivity contribution is -0.147. The van der Waals surface area contributed by atoms with Crippen molar-refractivity contribution >= 4 is 5.97 Å².